The Morgan fingerprint density at radius 1 is 1.14 bits per heavy atom. The highest BCUT2D eigenvalue weighted by Gasteiger charge is 2.26. The molecule has 2 N–H and O–H groups in total. The molecule has 0 aliphatic carbocycles. The molecule has 7 nitrogen and oxygen atoms in total. The first-order valence-corrected chi connectivity index (χ1v) is 9.20. The monoisotopic (exact) mass is 375 g/mol. The van der Waals surface area contributed by atoms with Crippen molar-refractivity contribution in [2.75, 3.05) is 0 Å². The van der Waals surface area contributed by atoms with E-state index in [4.69, 9.17) is 0 Å². The number of benzene rings is 1. The second kappa shape index (κ2) is 7.64. The maximum absolute atomic E-state index is 12.4. The fraction of sp³-hybridized carbons (Fsp3) is 0.238. The quantitative estimate of drug-likeness (QED) is 0.713. The molecule has 1 atom stereocenters. The molecule has 0 bridgehead atoms. The number of aromatic nitrogens is 3. The van der Waals surface area contributed by atoms with Gasteiger partial charge in [-0.25, -0.2) is 0 Å². The van der Waals surface area contributed by atoms with Crippen LogP contribution in [0.2, 0.25) is 0 Å². The van der Waals surface area contributed by atoms with Crippen LogP contribution in [0, 0.1) is 6.92 Å². The van der Waals surface area contributed by atoms with Gasteiger partial charge in [0.25, 0.3) is 11.8 Å². The minimum absolute atomic E-state index is 0.0445. The second-order valence-corrected chi connectivity index (χ2v) is 7.00. The van der Waals surface area contributed by atoms with Gasteiger partial charge >= 0.3 is 0 Å². The second-order valence-electron chi connectivity index (χ2n) is 7.00. The van der Waals surface area contributed by atoms with Crippen molar-refractivity contribution in [2.24, 2.45) is 0 Å². The standard InChI is InChI=1S/C21H21N5O2/c1-14-7-16(12-22-10-14)20(27)24-17-8-18-9-19(25-26(18)13-17)21(28)23-11-15-5-3-2-4-6-15/h2-7,9-10,12,17H,8,11,13H2,1H3,(H,23,28)(H,24,27)/t17-/m0/s1. The van der Waals surface area contributed by atoms with Crippen LogP contribution in [0.4, 0.5) is 0 Å². The molecule has 3 heterocycles. The predicted octanol–water partition coefficient (Wildman–Crippen LogP) is 1.87. The molecule has 1 aromatic carbocycles. The summed E-state index contributed by atoms with van der Waals surface area (Å²) in [5, 5.41) is 10.3. The summed E-state index contributed by atoms with van der Waals surface area (Å²) in [4.78, 5) is 28.8. The van der Waals surface area contributed by atoms with Crippen LogP contribution >= 0.6 is 0 Å². The first-order valence-electron chi connectivity index (χ1n) is 9.20. The largest absolute Gasteiger partial charge is 0.347 e. The van der Waals surface area contributed by atoms with Crippen LogP contribution in [0.3, 0.4) is 0 Å². The number of aryl methyl sites for hydroxylation is 1. The van der Waals surface area contributed by atoms with Crippen molar-refractivity contribution in [3.05, 3.63) is 82.9 Å². The molecule has 0 saturated carbocycles. The summed E-state index contributed by atoms with van der Waals surface area (Å²) < 4.78 is 1.79. The van der Waals surface area contributed by atoms with Crippen LogP contribution in [0.1, 0.15) is 37.7 Å². The predicted molar refractivity (Wildman–Crippen MR) is 104 cm³/mol. The fourth-order valence-electron chi connectivity index (χ4n) is 3.33. The van der Waals surface area contributed by atoms with Crippen molar-refractivity contribution in [1.82, 2.24) is 25.4 Å². The van der Waals surface area contributed by atoms with Gasteiger partial charge in [0.05, 0.1) is 18.2 Å². The Morgan fingerprint density at radius 3 is 2.71 bits per heavy atom. The van der Waals surface area contributed by atoms with Crippen LogP contribution in [-0.2, 0) is 19.5 Å². The number of fused-ring (bicyclic) bond motifs is 1. The van der Waals surface area contributed by atoms with Crippen molar-refractivity contribution in [2.45, 2.75) is 32.5 Å². The molecule has 1 aliphatic heterocycles. The third-order valence-corrected chi connectivity index (χ3v) is 4.71. The Balaban J connectivity index is 1.33. The average Bonchev–Trinajstić information content (AvgIpc) is 3.25. The molecule has 3 aromatic rings. The molecule has 0 spiro atoms. The first kappa shape index (κ1) is 17.9. The van der Waals surface area contributed by atoms with Crippen molar-refractivity contribution in [1.29, 1.82) is 0 Å². The Morgan fingerprint density at radius 2 is 1.96 bits per heavy atom. The summed E-state index contributed by atoms with van der Waals surface area (Å²) in [7, 11) is 0. The Kier molecular flexibility index (Phi) is 4.89. The lowest BCUT2D eigenvalue weighted by Crippen LogP contribution is -2.36. The van der Waals surface area contributed by atoms with E-state index in [0.29, 0.717) is 30.8 Å². The van der Waals surface area contributed by atoms with Crippen molar-refractivity contribution in [3.63, 3.8) is 0 Å². The number of nitrogens with zero attached hydrogens (tertiary/aromatic N) is 3. The van der Waals surface area contributed by atoms with Crippen molar-refractivity contribution >= 4 is 11.8 Å². The molecule has 0 fully saturated rings. The number of hydrogen-bond donors (Lipinski definition) is 2. The number of hydrogen-bond acceptors (Lipinski definition) is 4. The Hall–Kier alpha value is -3.48. The molecule has 0 radical (unpaired) electrons. The summed E-state index contributed by atoms with van der Waals surface area (Å²) in [6.45, 7) is 2.91. The zero-order chi connectivity index (χ0) is 19.5. The van der Waals surface area contributed by atoms with Crippen LogP contribution in [0.25, 0.3) is 0 Å². The van der Waals surface area contributed by atoms with Gasteiger partial charge < -0.3 is 10.6 Å². The third-order valence-electron chi connectivity index (χ3n) is 4.71. The Bertz CT molecular complexity index is 989. The zero-order valence-corrected chi connectivity index (χ0v) is 15.6. The number of amides is 2. The van der Waals surface area contributed by atoms with Crippen LogP contribution in [0.5, 0.6) is 0 Å². The Labute approximate surface area is 162 Å². The number of nitrogens with one attached hydrogen (secondary N) is 2. The van der Waals surface area contributed by atoms with Gasteiger partial charge in [-0.05, 0) is 30.2 Å². The van der Waals surface area contributed by atoms with E-state index in [0.717, 1.165) is 16.8 Å². The maximum atomic E-state index is 12.4. The summed E-state index contributed by atoms with van der Waals surface area (Å²) in [5.41, 5.74) is 3.87. The number of pyridine rings is 1. The van der Waals surface area contributed by atoms with Gasteiger partial charge in [-0.2, -0.15) is 5.10 Å². The van der Waals surface area contributed by atoms with Crippen LogP contribution in [-0.4, -0.2) is 32.6 Å². The molecule has 1 aliphatic rings. The van der Waals surface area contributed by atoms with E-state index in [1.807, 2.05) is 43.3 Å². The highest BCUT2D eigenvalue weighted by Crippen LogP contribution is 2.17. The van der Waals surface area contributed by atoms with Gasteiger partial charge in [0.15, 0.2) is 0 Å². The van der Waals surface area contributed by atoms with E-state index in [2.05, 4.69) is 20.7 Å². The first-order chi connectivity index (χ1) is 13.6. The summed E-state index contributed by atoms with van der Waals surface area (Å²) in [5.74, 6) is -0.343. The van der Waals surface area contributed by atoms with Crippen molar-refractivity contribution in [3.8, 4) is 0 Å². The molecule has 0 unspecified atom stereocenters. The smallest absolute Gasteiger partial charge is 0.272 e. The zero-order valence-electron chi connectivity index (χ0n) is 15.6. The SMILES string of the molecule is Cc1cncc(C(=O)N[C@H]2Cc3cc(C(=O)NCc4ccccc4)nn3C2)c1. The van der Waals surface area contributed by atoms with E-state index in [1.165, 1.54) is 0 Å². The van der Waals surface area contributed by atoms with Crippen LogP contribution < -0.4 is 10.6 Å². The van der Waals surface area contributed by atoms with E-state index in [9.17, 15) is 9.59 Å². The minimum atomic E-state index is -0.197. The lowest BCUT2D eigenvalue weighted by molar-refractivity contribution is 0.0927. The van der Waals surface area contributed by atoms with Gasteiger partial charge in [0, 0.05) is 31.1 Å². The maximum Gasteiger partial charge on any atom is 0.272 e. The average molecular weight is 375 g/mol. The van der Waals surface area contributed by atoms with Gasteiger partial charge in [0.2, 0.25) is 0 Å². The van der Waals surface area contributed by atoms with E-state index in [1.54, 1.807) is 23.1 Å². The minimum Gasteiger partial charge on any atom is -0.347 e. The van der Waals surface area contributed by atoms with E-state index in [-0.39, 0.29) is 17.9 Å². The van der Waals surface area contributed by atoms with E-state index >= 15 is 0 Å². The topological polar surface area (TPSA) is 88.9 Å². The molecule has 0 saturated heterocycles. The van der Waals surface area contributed by atoms with E-state index < -0.39 is 0 Å². The van der Waals surface area contributed by atoms with Gasteiger partial charge in [0.1, 0.15) is 5.69 Å². The highest BCUT2D eigenvalue weighted by molar-refractivity contribution is 5.94. The molecule has 2 amide bonds. The van der Waals surface area contributed by atoms with Gasteiger partial charge in [-0.1, -0.05) is 30.3 Å². The fourth-order valence-corrected chi connectivity index (χ4v) is 3.33. The summed E-state index contributed by atoms with van der Waals surface area (Å²) in [6.07, 6.45) is 3.92. The summed E-state index contributed by atoms with van der Waals surface area (Å²) >= 11 is 0. The molecular weight excluding hydrogens is 354 g/mol. The summed E-state index contributed by atoms with van der Waals surface area (Å²) in [6, 6.07) is 13.3. The highest BCUT2D eigenvalue weighted by atomic mass is 16.2. The molecule has 4 rings (SSSR count). The molecular formula is C21H21N5O2. The van der Waals surface area contributed by atoms with Gasteiger partial charge in [-0.15, -0.1) is 0 Å². The lowest BCUT2D eigenvalue weighted by atomic mass is 10.1. The number of rotatable bonds is 5. The normalized spacial score (nSPS) is 15.1. The molecule has 142 valence electrons. The van der Waals surface area contributed by atoms with Crippen molar-refractivity contribution < 1.29 is 9.59 Å². The molecule has 28 heavy (non-hydrogen) atoms. The van der Waals surface area contributed by atoms with Crippen LogP contribution in [0.15, 0.2) is 54.9 Å². The lowest BCUT2D eigenvalue weighted by Gasteiger charge is -2.12. The molecule has 7 heteroatoms. The number of carbonyl (C=O) groups excluding carboxylic acids is 2. The molecule has 2 aromatic heterocycles. The number of carbonyl (C=O) groups is 2. The van der Waals surface area contributed by atoms with Gasteiger partial charge in [-0.3, -0.25) is 19.3 Å². The third kappa shape index (κ3) is 3.93.